The van der Waals surface area contributed by atoms with E-state index in [1.807, 2.05) is 24.3 Å². The molecule has 1 unspecified atom stereocenters. The highest BCUT2D eigenvalue weighted by Crippen LogP contribution is 2.29. The van der Waals surface area contributed by atoms with Gasteiger partial charge >= 0.3 is 0 Å². The normalized spacial score (nSPS) is 16.5. The highest BCUT2D eigenvalue weighted by Gasteiger charge is 2.21. The van der Waals surface area contributed by atoms with Crippen LogP contribution in [0.15, 0.2) is 48.5 Å². The van der Waals surface area contributed by atoms with Crippen molar-refractivity contribution in [3.05, 3.63) is 65.2 Å². The van der Waals surface area contributed by atoms with Gasteiger partial charge in [0.05, 0.1) is 6.04 Å². The van der Waals surface area contributed by atoms with Gasteiger partial charge in [0.2, 0.25) is 0 Å². The standard InChI is InChI=1S/C20H23NO2/c1-2-15-7-5-10-17(13-15)23-14-20(22)21-19-12-6-9-16-8-3-4-11-18(16)19/h3-5,7-8,10-11,13,19H,2,6,9,12,14H2,1H3,(H,21,22). The van der Waals surface area contributed by atoms with Gasteiger partial charge in [-0.1, -0.05) is 43.3 Å². The molecule has 0 aliphatic heterocycles. The van der Waals surface area contributed by atoms with Gasteiger partial charge in [-0.25, -0.2) is 0 Å². The number of carbonyl (C=O) groups is 1. The Balaban J connectivity index is 1.58. The predicted octanol–water partition coefficient (Wildman–Crippen LogP) is 3.82. The fourth-order valence-electron chi connectivity index (χ4n) is 3.14. The smallest absolute Gasteiger partial charge is 0.258 e. The molecule has 1 atom stereocenters. The van der Waals surface area contributed by atoms with Gasteiger partial charge in [0, 0.05) is 0 Å². The second kappa shape index (κ2) is 7.32. The van der Waals surface area contributed by atoms with Crippen LogP contribution in [-0.2, 0) is 17.6 Å². The van der Waals surface area contributed by atoms with Crippen molar-refractivity contribution in [2.45, 2.75) is 38.6 Å². The Morgan fingerprint density at radius 3 is 2.96 bits per heavy atom. The molecule has 2 aromatic carbocycles. The second-order valence-electron chi connectivity index (χ2n) is 6.00. The number of nitrogens with one attached hydrogen (secondary N) is 1. The Labute approximate surface area is 137 Å². The van der Waals surface area contributed by atoms with Gasteiger partial charge in [-0.05, 0) is 54.5 Å². The molecule has 0 saturated heterocycles. The summed E-state index contributed by atoms with van der Waals surface area (Å²) in [6, 6.07) is 16.4. The van der Waals surface area contributed by atoms with Crippen LogP contribution < -0.4 is 10.1 Å². The van der Waals surface area contributed by atoms with Crippen LogP contribution >= 0.6 is 0 Å². The van der Waals surface area contributed by atoms with Crippen molar-refractivity contribution < 1.29 is 9.53 Å². The van der Waals surface area contributed by atoms with Gasteiger partial charge in [0.1, 0.15) is 5.75 Å². The van der Waals surface area contributed by atoms with E-state index in [0.29, 0.717) is 0 Å². The zero-order chi connectivity index (χ0) is 16.1. The van der Waals surface area contributed by atoms with Crippen LogP contribution in [-0.4, -0.2) is 12.5 Å². The lowest BCUT2D eigenvalue weighted by molar-refractivity contribution is -0.123. The summed E-state index contributed by atoms with van der Waals surface area (Å²) in [5.74, 6) is 0.692. The van der Waals surface area contributed by atoms with Crippen molar-refractivity contribution >= 4 is 5.91 Å². The van der Waals surface area contributed by atoms with Crippen LogP contribution in [0.25, 0.3) is 0 Å². The van der Waals surface area contributed by atoms with Crippen molar-refractivity contribution in [3.63, 3.8) is 0 Å². The molecular weight excluding hydrogens is 286 g/mol. The summed E-state index contributed by atoms with van der Waals surface area (Å²) in [7, 11) is 0. The summed E-state index contributed by atoms with van der Waals surface area (Å²) in [4.78, 5) is 12.2. The van der Waals surface area contributed by atoms with Gasteiger partial charge < -0.3 is 10.1 Å². The molecule has 3 heteroatoms. The quantitative estimate of drug-likeness (QED) is 0.912. The minimum atomic E-state index is -0.0615. The summed E-state index contributed by atoms with van der Waals surface area (Å²) >= 11 is 0. The maximum absolute atomic E-state index is 12.2. The number of carbonyl (C=O) groups excluding carboxylic acids is 1. The molecule has 0 bridgehead atoms. The first-order chi connectivity index (χ1) is 11.3. The number of hydrogen-bond acceptors (Lipinski definition) is 2. The van der Waals surface area contributed by atoms with E-state index in [1.54, 1.807) is 0 Å². The maximum Gasteiger partial charge on any atom is 0.258 e. The average Bonchev–Trinajstić information content (AvgIpc) is 2.60. The highest BCUT2D eigenvalue weighted by molar-refractivity contribution is 5.78. The number of rotatable bonds is 5. The van der Waals surface area contributed by atoms with Crippen molar-refractivity contribution in [1.29, 1.82) is 0 Å². The third-order valence-corrected chi connectivity index (χ3v) is 4.38. The molecule has 1 N–H and O–H groups in total. The molecule has 23 heavy (non-hydrogen) atoms. The second-order valence-corrected chi connectivity index (χ2v) is 6.00. The molecular formula is C20H23NO2. The fourth-order valence-corrected chi connectivity index (χ4v) is 3.14. The molecule has 1 aliphatic rings. The van der Waals surface area contributed by atoms with E-state index in [0.717, 1.165) is 31.4 Å². The summed E-state index contributed by atoms with van der Waals surface area (Å²) in [6.45, 7) is 2.16. The fraction of sp³-hybridized carbons (Fsp3) is 0.350. The lowest BCUT2D eigenvalue weighted by Crippen LogP contribution is -2.34. The number of amides is 1. The van der Waals surface area contributed by atoms with Gasteiger partial charge in [-0.2, -0.15) is 0 Å². The summed E-state index contributed by atoms with van der Waals surface area (Å²) < 4.78 is 5.63. The van der Waals surface area contributed by atoms with Gasteiger partial charge in [-0.3, -0.25) is 4.79 Å². The average molecular weight is 309 g/mol. The van der Waals surface area contributed by atoms with E-state index in [9.17, 15) is 4.79 Å². The molecule has 3 nitrogen and oxygen atoms in total. The topological polar surface area (TPSA) is 38.3 Å². The molecule has 0 heterocycles. The monoisotopic (exact) mass is 309 g/mol. The highest BCUT2D eigenvalue weighted by atomic mass is 16.5. The maximum atomic E-state index is 12.2. The largest absolute Gasteiger partial charge is 0.484 e. The Bertz CT molecular complexity index is 681. The van der Waals surface area contributed by atoms with Crippen molar-refractivity contribution in [3.8, 4) is 5.75 Å². The molecule has 0 aromatic heterocycles. The van der Waals surface area contributed by atoms with Crippen LogP contribution in [0.4, 0.5) is 0 Å². The zero-order valence-corrected chi connectivity index (χ0v) is 13.5. The first kappa shape index (κ1) is 15.6. The van der Waals surface area contributed by atoms with Crippen LogP contribution in [0.3, 0.4) is 0 Å². The van der Waals surface area contributed by atoms with Crippen LogP contribution in [0.1, 0.15) is 42.5 Å². The molecule has 0 fully saturated rings. The minimum Gasteiger partial charge on any atom is -0.484 e. The Morgan fingerprint density at radius 2 is 2.09 bits per heavy atom. The number of ether oxygens (including phenoxy) is 1. The number of benzene rings is 2. The van der Waals surface area contributed by atoms with Crippen molar-refractivity contribution in [2.24, 2.45) is 0 Å². The summed E-state index contributed by atoms with van der Waals surface area (Å²) in [5.41, 5.74) is 3.81. The van der Waals surface area contributed by atoms with Gasteiger partial charge in [-0.15, -0.1) is 0 Å². The number of hydrogen-bond donors (Lipinski definition) is 1. The van der Waals surface area contributed by atoms with Crippen LogP contribution in [0, 0.1) is 0 Å². The summed E-state index contributed by atoms with van der Waals surface area (Å²) in [6.07, 6.45) is 4.17. The van der Waals surface area contributed by atoms with E-state index in [4.69, 9.17) is 4.74 Å². The van der Waals surface area contributed by atoms with Gasteiger partial charge in [0.15, 0.2) is 6.61 Å². The predicted molar refractivity (Wildman–Crippen MR) is 91.6 cm³/mol. The first-order valence-corrected chi connectivity index (χ1v) is 8.35. The van der Waals surface area contributed by atoms with Crippen molar-refractivity contribution in [1.82, 2.24) is 5.32 Å². The first-order valence-electron chi connectivity index (χ1n) is 8.35. The minimum absolute atomic E-state index is 0.0613. The van der Waals surface area contributed by atoms with Crippen molar-refractivity contribution in [2.75, 3.05) is 6.61 Å². The number of fused-ring (bicyclic) bond motifs is 1. The Morgan fingerprint density at radius 1 is 1.22 bits per heavy atom. The van der Waals surface area contributed by atoms with E-state index < -0.39 is 0 Å². The third kappa shape index (κ3) is 3.92. The molecule has 3 rings (SSSR count). The molecule has 120 valence electrons. The molecule has 1 amide bonds. The molecule has 1 aliphatic carbocycles. The third-order valence-electron chi connectivity index (χ3n) is 4.38. The van der Waals surface area contributed by atoms with Crippen LogP contribution in [0.5, 0.6) is 5.75 Å². The van der Waals surface area contributed by atoms with E-state index in [1.165, 1.54) is 16.7 Å². The molecule has 0 radical (unpaired) electrons. The van der Waals surface area contributed by atoms with E-state index in [-0.39, 0.29) is 18.6 Å². The van der Waals surface area contributed by atoms with Gasteiger partial charge in [0.25, 0.3) is 5.91 Å². The SMILES string of the molecule is CCc1cccc(OCC(=O)NC2CCCc3ccccc32)c1. The Kier molecular flexibility index (Phi) is 4.96. The summed E-state index contributed by atoms with van der Waals surface area (Å²) in [5, 5.41) is 3.11. The lowest BCUT2D eigenvalue weighted by Gasteiger charge is -2.26. The molecule has 2 aromatic rings. The Hall–Kier alpha value is -2.29. The van der Waals surface area contributed by atoms with Crippen LogP contribution in [0.2, 0.25) is 0 Å². The van der Waals surface area contributed by atoms with E-state index >= 15 is 0 Å². The lowest BCUT2D eigenvalue weighted by atomic mass is 9.88. The van der Waals surface area contributed by atoms with E-state index in [2.05, 4.69) is 36.5 Å². The molecule has 0 saturated carbocycles. The molecule has 0 spiro atoms. The zero-order valence-electron chi connectivity index (χ0n) is 13.5. The number of aryl methyl sites for hydroxylation is 2.